The zero-order chi connectivity index (χ0) is 13.0. The quantitative estimate of drug-likeness (QED) is 0.634. The van der Waals surface area contributed by atoms with Crippen molar-refractivity contribution in [2.24, 2.45) is 0 Å². The largest absolute Gasteiger partial charge is 0.508 e. The topological polar surface area (TPSA) is 92.5 Å². The van der Waals surface area contributed by atoms with Gasteiger partial charge < -0.3 is 10.4 Å². The van der Waals surface area contributed by atoms with E-state index in [0.29, 0.717) is 0 Å². The summed E-state index contributed by atoms with van der Waals surface area (Å²) in [6.07, 6.45) is 0. The average molecular weight is 257 g/mol. The van der Waals surface area contributed by atoms with E-state index in [2.05, 4.69) is 11.9 Å². The van der Waals surface area contributed by atoms with Crippen LogP contribution in [0.25, 0.3) is 0 Å². The van der Waals surface area contributed by atoms with E-state index in [4.69, 9.17) is 11.6 Å². The second kappa shape index (κ2) is 5.31. The van der Waals surface area contributed by atoms with Gasteiger partial charge in [0.1, 0.15) is 11.3 Å². The van der Waals surface area contributed by atoms with E-state index in [-0.39, 0.29) is 28.6 Å². The minimum absolute atomic E-state index is 0.00675. The third-order valence-electron chi connectivity index (χ3n) is 1.86. The molecule has 0 heterocycles. The molecular weight excluding hydrogens is 248 g/mol. The van der Waals surface area contributed by atoms with Gasteiger partial charge in [0.05, 0.1) is 11.5 Å². The van der Waals surface area contributed by atoms with Gasteiger partial charge in [-0.1, -0.05) is 18.2 Å². The van der Waals surface area contributed by atoms with Gasteiger partial charge in [0.15, 0.2) is 0 Å². The van der Waals surface area contributed by atoms with Gasteiger partial charge in [0.25, 0.3) is 11.6 Å². The van der Waals surface area contributed by atoms with Gasteiger partial charge in [0, 0.05) is 11.1 Å². The van der Waals surface area contributed by atoms with E-state index >= 15 is 0 Å². The van der Waals surface area contributed by atoms with E-state index in [0.717, 1.165) is 18.2 Å². The second-order valence-electron chi connectivity index (χ2n) is 3.16. The van der Waals surface area contributed by atoms with Crippen LogP contribution in [-0.4, -0.2) is 22.5 Å². The lowest BCUT2D eigenvalue weighted by atomic mass is 10.1. The highest BCUT2D eigenvalue weighted by atomic mass is 35.5. The van der Waals surface area contributed by atoms with Gasteiger partial charge in [-0.2, -0.15) is 0 Å². The van der Waals surface area contributed by atoms with Crippen LogP contribution in [-0.2, 0) is 0 Å². The number of phenolic OH excluding ortho intramolecular Hbond substituents is 1. The molecule has 0 saturated heterocycles. The Labute approximate surface area is 102 Å². The van der Waals surface area contributed by atoms with Crippen LogP contribution >= 0.6 is 11.6 Å². The van der Waals surface area contributed by atoms with E-state index < -0.39 is 10.8 Å². The number of nitro benzene ring substituents is 1. The van der Waals surface area contributed by atoms with Gasteiger partial charge in [-0.05, 0) is 12.1 Å². The normalized spacial score (nSPS) is 9.71. The molecule has 6 nitrogen and oxygen atoms in total. The zero-order valence-corrected chi connectivity index (χ0v) is 9.40. The number of phenols is 1. The van der Waals surface area contributed by atoms with Crippen LogP contribution in [0.2, 0.25) is 0 Å². The summed E-state index contributed by atoms with van der Waals surface area (Å²) in [5, 5.41) is 22.4. The molecular formula is C10H9ClN2O4. The van der Waals surface area contributed by atoms with E-state index in [1.807, 2.05) is 0 Å². The fourth-order valence-corrected chi connectivity index (χ4v) is 1.20. The van der Waals surface area contributed by atoms with Crippen LogP contribution < -0.4 is 5.32 Å². The van der Waals surface area contributed by atoms with Gasteiger partial charge in [-0.25, -0.2) is 0 Å². The van der Waals surface area contributed by atoms with Crippen molar-refractivity contribution in [1.82, 2.24) is 5.32 Å². The van der Waals surface area contributed by atoms with Crippen LogP contribution in [0.4, 0.5) is 5.69 Å². The molecule has 0 atom stereocenters. The summed E-state index contributed by atoms with van der Waals surface area (Å²) in [7, 11) is 0. The number of nitrogens with one attached hydrogen (secondary N) is 1. The first-order valence-corrected chi connectivity index (χ1v) is 4.88. The molecule has 0 fully saturated rings. The van der Waals surface area contributed by atoms with Gasteiger partial charge in [-0.15, -0.1) is 0 Å². The highest BCUT2D eigenvalue weighted by Crippen LogP contribution is 2.23. The number of aromatic hydroxyl groups is 1. The van der Waals surface area contributed by atoms with Crippen LogP contribution in [0.5, 0.6) is 5.75 Å². The molecule has 0 aliphatic carbocycles. The van der Waals surface area contributed by atoms with E-state index in [1.54, 1.807) is 0 Å². The first-order chi connectivity index (χ1) is 7.91. The Balaban J connectivity index is 3.02. The third kappa shape index (κ3) is 3.46. The minimum atomic E-state index is -0.704. The molecule has 0 unspecified atom stereocenters. The smallest absolute Gasteiger partial charge is 0.282 e. The molecule has 17 heavy (non-hydrogen) atoms. The van der Waals surface area contributed by atoms with Gasteiger partial charge in [0.2, 0.25) is 0 Å². The number of carbonyl (C=O) groups excluding carboxylic acids is 1. The molecule has 0 aromatic heterocycles. The molecule has 0 spiro atoms. The van der Waals surface area contributed by atoms with Gasteiger partial charge in [-0.3, -0.25) is 14.9 Å². The Hall–Kier alpha value is -2.08. The SMILES string of the molecule is C=C(Cl)CNC(=O)c1cc(O)ccc1[N+](=O)[O-]. The number of nitro groups is 1. The second-order valence-corrected chi connectivity index (χ2v) is 3.69. The minimum Gasteiger partial charge on any atom is -0.508 e. The van der Waals surface area contributed by atoms with Crippen molar-refractivity contribution in [3.05, 3.63) is 45.5 Å². The van der Waals surface area contributed by atoms with Crippen LogP contribution in [0, 0.1) is 10.1 Å². The lowest BCUT2D eigenvalue weighted by Gasteiger charge is -2.05. The Morgan fingerprint density at radius 2 is 2.24 bits per heavy atom. The summed E-state index contributed by atoms with van der Waals surface area (Å²) < 4.78 is 0. The summed E-state index contributed by atoms with van der Waals surface area (Å²) in [5.41, 5.74) is -0.617. The maximum absolute atomic E-state index is 11.6. The molecule has 7 heteroatoms. The molecule has 90 valence electrons. The van der Waals surface area contributed by atoms with E-state index in [1.165, 1.54) is 0 Å². The maximum atomic E-state index is 11.6. The summed E-state index contributed by atoms with van der Waals surface area (Å²) in [6.45, 7) is 3.36. The highest BCUT2D eigenvalue weighted by molar-refractivity contribution is 6.29. The molecule has 0 aliphatic rings. The van der Waals surface area contributed by atoms with Crippen LogP contribution in [0.1, 0.15) is 10.4 Å². The molecule has 1 amide bonds. The number of rotatable bonds is 4. The monoisotopic (exact) mass is 256 g/mol. The zero-order valence-electron chi connectivity index (χ0n) is 8.64. The summed E-state index contributed by atoms with van der Waals surface area (Å²) >= 11 is 5.45. The molecule has 2 N–H and O–H groups in total. The fourth-order valence-electron chi connectivity index (χ4n) is 1.14. The highest BCUT2D eigenvalue weighted by Gasteiger charge is 2.20. The predicted molar refractivity (Wildman–Crippen MR) is 62.1 cm³/mol. The Morgan fingerprint density at radius 3 is 2.76 bits per heavy atom. The lowest BCUT2D eigenvalue weighted by Crippen LogP contribution is -2.25. The standard InChI is InChI=1S/C10H9ClN2O4/c1-6(11)5-12-10(15)8-4-7(14)2-3-9(8)13(16)17/h2-4,14H,1,5H2,(H,12,15). The van der Waals surface area contributed by atoms with Crippen molar-refractivity contribution in [1.29, 1.82) is 0 Å². The van der Waals surface area contributed by atoms with Gasteiger partial charge >= 0.3 is 0 Å². The lowest BCUT2D eigenvalue weighted by molar-refractivity contribution is -0.385. The maximum Gasteiger partial charge on any atom is 0.282 e. The average Bonchev–Trinajstić information content (AvgIpc) is 2.25. The number of benzene rings is 1. The number of carbonyl (C=O) groups is 1. The summed E-state index contributed by atoms with van der Waals surface area (Å²) in [5.74, 6) is -0.931. The fraction of sp³-hybridized carbons (Fsp3) is 0.100. The molecule has 1 rings (SSSR count). The molecule has 0 radical (unpaired) electrons. The van der Waals surface area contributed by atoms with Crippen LogP contribution in [0.15, 0.2) is 29.8 Å². The Bertz CT molecular complexity index is 487. The van der Waals surface area contributed by atoms with Crippen molar-refractivity contribution in [3.8, 4) is 5.75 Å². The molecule has 0 saturated carbocycles. The van der Waals surface area contributed by atoms with Crippen molar-refractivity contribution in [2.75, 3.05) is 6.54 Å². The third-order valence-corrected chi connectivity index (χ3v) is 2.00. The van der Waals surface area contributed by atoms with Crippen molar-refractivity contribution in [2.45, 2.75) is 0 Å². The molecule has 0 bridgehead atoms. The van der Waals surface area contributed by atoms with Crippen molar-refractivity contribution >= 4 is 23.2 Å². The number of amides is 1. The number of hydrogen-bond donors (Lipinski definition) is 2. The molecule has 1 aromatic rings. The first-order valence-electron chi connectivity index (χ1n) is 4.50. The Kier molecular flexibility index (Phi) is 4.06. The summed E-state index contributed by atoms with van der Waals surface area (Å²) in [6, 6.07) is 3.21. The Morgan fingerprint density at radius 1 is 1.59 bits per heavy atom. The van der Waals surface area contributed by atoms with Crippen molar-refractivity contribution < 1.29 is 14.8 Å². The number of hydrogen-bond acceptors (Lipinski definition) is 4. The molecule has 0 aliphatic heterocycles. The number of nitrogens with zero attached hydrogens (tertiary/aromatic N) is 1. The number of halogens is 1. The van der Waals surface area contributed by atoms with E-state index in [9.17, 15) is 20.0 Å². The predicted octanol–water partition coefficient (Wildman–Crippen LogP) is 1.78. The summed E-state index contributed by atoms with van der Waals surface area (Å²) in [4.78, 5) is 21.6. The van der Waals surface area contributed by atoms with Crippen LogP contribution in [0.3, 0.4) is 0 Å². The first kappa shape index (κ1) is 13.0. The van der Waals surface area contributed by atoms with Crippen molar-refractivity contribution in [3.63, 3.8) is 0 Å². The molecule has 1 aromatic carbocycles.